The van der Waals surface area contributed by atoms with Crippen molar-refractivity contribution in [2.45, 2.75) is 65.9 Å². The third-order valence-electron chi connectivity index (χ3n) is 6.18. The van der Waals surface area contributed by atoms with Gasteiger partial charge in [-0.25, -0.2) is 0 Å². The Morgan fingerprint density at radius 2 is 0.800 bits per heavy atom. The molecule has 2 aliphatic heterocycles. The Labute approximate surface area is 136 Å². The Morgan fingerprint density at radius 3 is 1.05 bits per heavy atom. The van der Waals surface area contributed by atoms with Crippen LogP contribution < -0.4 is 0 Å². The van der Waals surface area contributed by atoms with Crippen molar-refractivity contribution < 1.29 is 0 Å². The molecule has 0 nitrogen and oxygen atoms in total. The maximum atomic E-state index is 2.39. The van der Waals surface area contributed by atoms with Gasteiger partial charge >= 0.3 is 0 Å². The Hall–Kier alpha value is 0.700. The van der Waals surface area contributed by atoms with Crippen LogP contribution in [0.25, 0.3) is 0 Å². The summed E-state index contributed by atoms with van der Waals surface area (Å²) in [4.78, 5) is 0. The molecule has 2 unspecified atom stereocenters. The second-order valence-electron chi connectivity index (χ2n) is 7.47. The minimum atomic E-state index is 0.881. The number of thioether (sulfide) groups is 2. The minimum Gasteiger partial charge on any atom is -0.158 e. The smallest absolute Gasteiger partial charge is 0.00471 e. The lowest BCUT2D eigenvalue weighted by Gasteiger charge is -2.36. The largest absolute Gasteiger partial charge is 0.158 e. The van der Waals surface area contributed by atoms with Gasteiger partial charge in [-0.2, -0.15) is 23.5 Å². The fraction of sp³-hybridized carbons (Fsp3) is 1.00. The van der Waals surface area contributed by atoms with Crippen molar-refractivity contribution in [3.8, 4) is 0 Å². The van der Waals surface area contributed by atoms with E-state index in [9.17, 15) is 0 Å². The summed E-state index contributed by atoms with van der Waals surface area (Å²) in [6.45, 7) is 19.0. The van der Waals surface area contributed by atoms with Crippen molar-refractivity contribution in [1.29, 1.82) is 0 Å². The highest BCUT2D eigenvalue weighted by Crippen LogP contribution is 2.38. The predicted octanol–water partition coefficient (Wildman–Crippen LogP) is 6.06. The molecule has 20 heavy (non-hydrogen) atoms. The quantitative estimate of drug-likeness (QED) is 0.532. The molecule has 0 aliphatic carbocycles. The van der Waals surface area contributed by atoms with Gasteiger partial charge in [0, 0.05) is 10.5 Å². The second kappa shape index (κ2) is 8.36. The van der Waals surface area contributed by atoms with Crippen molar-refractivity contribution in [2.24, 2.45) is 35.5 Å². The molecule has 2 rings (SSSR count). The van der Waals surface area contributed by atoms with E-state index in [0.717, 1.165) is 46.0 Å². The number of rotatable bonds is 0. The summed E-state index contributed by atoms with van der Waals surface area (Å²) in [5.74, 6) is 8.27. The van der Waals surface area contributed by atoms with Gasteiger partial charge in [-0.1, -0.05) is 55.4 Å². The summed E-state index contributed by atoms with van der Waals surface area (Å²) in [6, 6.07) is 0. The average molecular weight is 317 g/mol. The van der Waals surface area contributed by atoms with Gasteiger partial charge in [0.2, 0.25) is 0 Å². The standard InChI is InChI=1S/2C9H18S/c2*1-6-5-10-9(4)8(3)7(6)2/h2*6-9H,5H2,1-4H3/t2*6-,7+,8-,9?/m10/s1. The lowest BCUT2D eigenvalue weighted by molar-refractivity contribution is 0.286. The number of hydrogen-bond acceptors (Lipinski definition) is 2. The Balaban J connectivity index is 0.000000200. The molecule has 0 saturated carbocycles. The SMILES string of the molecule is CC1SC[C@@H](C)[C@H](C)[C@H]1C.CC1SC[C@H](C)[C@@H](C)[C@@H]1C. The first-order valence-electron chi connectivity index (χ1n) is 8.48. The van der Waals surface area contributed by atoms with E-state index < -0.39 is 0 Å². The van der Waals surface area contributed by atoms with E-state index in [1.165, 1.54) is 11.5 Å². The lowest BCUT2D eigenvalue weighted by atomic mass is 9.84. The van der Waals surface area contributed by atoms with Crippen LogP contribution in [-0.4, -0.2) is 22.0 Å². The Morgan fingerprint density at radius 1 is 0.500 bits per heavy atom. The fourth-order valence-electron chi connectivity index (χ4n) is 3.11. The minimum absolute atomic E-state index is 0.881. The summed E-state index contributed by atoms with van der Waals surface area (Å²) < 4.78 is 0. The van der Waals surface area contributed by atoms with Crippen molar-refractivity contribution in [1.82, 2.24) is 0 Å². The van der Waals surface area contributed by atoms with Gasteiger partial charge in [-0.3, -0.25) is 0 Å². The Kier molecular flexibility index (Phi) is 7.84. The average Bonchev–Trinajstić information content (AvgIpc) is 2.43. The normalized spacial score (nSPS) is 49.2. The molecule has 0 aromatic heterocycles. The summed E-state index contributed by atoms with van der Waals surface area (Å²) in [5.41, 5.74) is 0. The lowest BCUT2D eigenvalue weighted by Crippen LogP contribution is -2.30. The first-order chi connectivity index (χ1) is 9.25. The fourth-order valence-corrected chi connectivity index (χ4v) is 6.03. The summed E-state index contributed by atoms with van der Waals surface area (Å²) in [6.07, 6.45) is 0. The molecule has 2 heteroatoms. The van der Waals surface area contributed by atoms with Gasteiger partial charge in [0.1, 0.15) is 0 Å². The highest BCUT2D eigenvalue weighted by atomic mass is 32.2. The van der Waals surface area contributed by atoms with Crippen LogP contribution in [0.1, 0.15) is 55.4 Å². The molecule has 8 atom stereocenters. The Bertz CT molecular complexity index is 223. The predicted molar refractivity (Wildman–Crippen MR) is 98.8 cm³/mol. The summed E-state index contributed by atoms with van der Waals surface area (Å²) >= 11 is 4.28. The maximum Gasteiger partial charge on any atom is 0.00471 e. The molecular weight excluding hydrogens is 280 g/mol. The first kappa shape index (κ1) is 18.7. The van der Waals surface area contributed by atoms with Gasteiger partial charge in [-0.05, 0) is 47.0 Å². The molecule has 2 fully saturated rings. The van der Waals surface area contributed by atoms with E-state index in [0.29, 0.717) is 0 Å². The van der Waals surface area contributed by atoms with Gasteiger partial charge in [0.15, 0.2) is 0 Å². The summed E-state index contributed by atoms with van der Waals surface area (Å²) in [5, 5.41) is 1.76. The molecule has 0 N–H and O–H groups in total. The molecule has 2 heterocycles. The van der Waals surface area contributed by atoms with E-state index in [-0.39, 0.29) is 0 Å². The van der Waals surface area contributed by atoms with Crippen LogP contribution in [0.5, 0.6) is 0 Å². The highest BCUT2D eigenvalue weighted by Gasteiger charge is 2.29. The van der Waals surface area contributed by atoms with Gasteiger partial charge in [0.05, 0.1) is 0 Å². The molecule has 0 aromatic carbocycles. The van der Waals surface area contributed by atoms with E-state index in [1.807, 2.05) is 0 Å². The number of hydrogen-bond donors (Lipinski definition) is 0. The van der Waals surface area contributed by atoms with Crippen molar-refractivity contribution in [2.75, 3.05) is 11.5 Å². The van der Waals surface area contributed by atoms with Gasteiger partial charge < -0.3 is 0 Å². The van der Waals surface area contributed by atoms with Crippen LogP contribution in [0.4, 0.5) is 0 Å². The first-order valence-corrected chi connectivity index (χ1v) is 10.6. The van der Waals surface area contributed by atoms with Crippen LogP contribution in [0, 0.1) is 35.5 Å². The van der Waals surface area contributed by atoms with E-state index in [2.05, 4.69) is 78.9 Å². The van der Waals surface area contributed by atoms with E-state index >= 15 is 0 Å². The maximum absolute atomic E-state index is 2.39. The molecule has 0 bridgehead atoms. The van der Waals surface area contributed by atoms with Crippen molar-refractivity contribution in [3.05, 3.63) is 0 Å². The molecule has 0 amide bonds. The zero-order valence-electron chi connectivity index (χ0n) is 14.8. The van der Waals surface area contributed by atoms with Crippen LogP contribution in [0.2, 0.25) is 0 Å². The van der Waals surface area contributed by atoms with Crippen LogP contribution >= 0.6 is 23.5 Å². The van der Waals surface area contributed by atoms with Crippen molar-refractivity contribution in [3.63, 3.8) is 0 Å². The zero-order valence-corrected chi connectivity index (χ0v) is 16.5. The topological polar surface area (TPSA) is 0 Å². The van der Waals surface area contributed by atoms with Crippen LogP contribution in [0.3, 0.4) is 0 Å². The van der Waals surface area contributed by atoms with E-state index in [4.69, 9.17) is 0 Å². The molecule has 0 radical (unpaired) electrons. The molecule has 2 aliphatic rings. The zero-order chi connectivity index (χ0) is 15.4. The van der Waals surface area contributed by atoms with E-state index in [1.54, 1.807) is 0 Å². The molecule has 0 spiro atoms. The third kappa shape index (κ3) is 4.87. The van der Waals surface area contributed by atoms with Crippen LogP contribution in [-0.2, 0) is 0 Å². The monoisotopic (exact) mass is 316 g/mol. The van der Waals surface area contributed by atoms with Crippen LogP contribution in [0.15, 0.2) is 0 Å². The van der Waals surface area contributed by atoms with Gasteiger partial charge in [0.25, 0.3) is 0 Å². The summed E-state index contributed by atoms with van der Waals surface area (Å²) in [7, 11) is 0. The molecule has 0 aromatic rings. The van der Waals surface area contributed by atoms with Gasteiger partial charge in [-0.15, -0.1) is 0 Å². The molecule has 2 saturated heterocycles. The second-order valence-corrected chi connectivity index (χ2v) is 10.3. The molecule has 120 valence electrons. The molecular formula is C18H36S2. The third-order valence-corrected chi connectivity index (χ3v) is 9.53. The van der Waals surface area contributed by atoms with Crippen molar-refractivity contribution >= 4 is 23.5 Å². The highest BCUT2D eigenvalue weighted by molar-refractivity contribution is 8.00.